The van der Waals surface area contributed by atoms with Gasteiger partial charge in [0.15, 0.2) is 0 Å². The second-order valence-corrected chi connectivity index (χ2v) is 4.13. The maximum atomic E-state index is 12.1. The van der Waals surface area contributed by atoms with Gasteiger partial charge in [0.2, 0.25) is 0 Å². The minimum Gasteiger partial charge on any atom is -0.406 e. The van der Waals surface area contributed by atoms with Crippen LogP contribution in [0.1, 0.15) is 19.4 Å². The molecule has 0 heterocycles. The van der Waals surface area contributed by atoms with Crippen molar-refractivity contribution in [3.8, 4) is 5.75 Å². The monoisotopic (exact) mass is 263 g/mol. The van der Waals surface area contributed by atoms with Crippen LogP contribution >= 0.6 is 0 Å². The number of benzene rings is 1. The van der Waals surface area contributed by atoms with Gasteiger partial charge in [0.05, 0.1) is 5.60 Å². The zero-order valence-corrected chi connectivity index (χ0v) is 10.2. The van der Waals surface area contributed by atoms with Gasteiger partial charge in [-0.15, -0.1) is 13.2 Å². The van der Waals surface area contributed by atoms with Gasteiger partial charge in [-0.25, -0.2) is 0 Å². The molecule has 1 aromatic rings. The smallest absolute Gasteiger partial charge is 0.406 e. The molecule has 1 atom stereocenters. The Labute approximate surface area is 104 Å². The first kappa shape index (κ1) is 14.8. The van der Waals surface area contributed by atoms with E-state index in [2.05, 4.69) is 10.1 Å². The van der Waals surface area contributed by atoms with Crippen molar-refractivity contribution in [3.63, 3.8) is 0 Å². The average molecular weight is 263 g/mol. The fraction of sp³-hybridized carbons (Fsp3) is 0.500. The number of aliphatic hydroxyl groups is 1. The predicted octanol–water partition coefficient (Wildman–Crippen LogP) is 2.40. The van der Waals surface area contributed by atoms with E-state index >= 15 is 0 Å². The number of ether oxygens (including phenoxy) is 1. The van der Waals surface area contributed by atoms with Gasteiger partial charge < -0.3 is 15.2 Å². The molecule has 6 heteroatoms. The van der Waals surface area contributed by atoms with Gasteiger partial charge in [0, 0.05) is 6.54 Å². The van der Waals surface area contributed by atoms with Crippen molar-refractivity contribution in [3.05, 3.63) is 29.8 Å². The molecule has 0 amide bonds. The van der Waals surface area contributed by atoms with Crippen molar-refractivity contribution >= 4 is 0 Å². The number of hydrogen-bond donors (Lipinski definition) is 2. The number of rotatable bonds is 5. The van der Waals surface area contributed by atoms with E-state index < -0.39 is 12.0 Å². The van der Waals surface area contributed by atoms with Gasteiger partial charge in [0.25, 0.3) is 0 Å². The van der Waals surface area contributed by atoms with Crippen LogP contribution in [0, 0.1) is 0 Å². The number of hydrogen-bond acceptors (Lipinski definition) is 3. The number of halogens is 3. The maximum absolute atomic E-state index is 12.1. The van der Waals surface area contributed by atoms with Crippen LogP contribution in [0.25, 0.3) is 0 Å². The summed E-state index contributed by atoms with van der Waals surface area (Å²) in [6, 6.07) is 5.35. The van der Waals surface area contributed by atoms with Crippen LogP contribution in [0.5, 0.6) is 5.75 Å². The van der Waals surface area contributed by atoms with Crippen LogP contribution in [0.15, 0.2) is 24.3 Å². The summed E-state index contributed by atoms with van der Waals surface area (Å²) in [5, 5.41) is 13.1. The Balaban J connectivity index is 2.87. The summed E-state index contributed by atoms with van der Waals surface area (Å²) in [6.07, 6.45) is -4.73. The van der Waals surface area contributed by atoms with Crippen molar-refractivity contribution in [2.24, 2.45) is 0 Å². The molecule has 0 saturated carbocycles. The minimum absolute atomic E-state index is 0.249. The number of nitrogens with one attached hydrogen (secondary N) is 1. The van der Waals surface area contributed by atoms with Gasteiger partial charge in [0.1, 0.15) is 5.75 Å². The van der Waals surface area contributed by atoms with E-state index in [1.165, 1.54) is 25.1 Å². The standard InChI is InChI=1S/C12H16F3NO2/c1-3-16-8-11(2,17)9-5-4-6-10(7-9)18-12(13,14)15/h4-7,16-17H,3,8H2,1-2H3. The SMILES string of the molecule is CCNCC(C)(O)c1cccc(OC(F)(F)F)c1. The van der Waals surface area contributed by atoms with E-state index in [0.717, 1.165) is 0 Å². The van der Waals surface area contributed by atoms with E-state index in [1.807, 2.05) is 6.92 Å². The molecule has 0 spiro atoms. The molecule has 0 aromatic heterocycles. The van der Waals surface area contributed by atoms with Crippen molar-refractivity contribution in [2.75, 3.05) is 13.1 Å². The van der Waals surface area contributed by atoms with Gasteiger partial charge in [-0.1, -0.05) is 19.1 Å². The van der Waals surface area contributed by atoms with Crippen LogP contribution in [0.2, 0.25) is 0 Å². The third kappa shape index (κ3) is 4.54. The molecule has 102 valence electrons. The van der Waals surface area contributed by atoms with Crippen molar-refractivity contribution < 1.29 is 23.0 Å². The van der Waals surface area contributed by atoms with Crippen LogP contribution in [-0.2, 0) is 5.60 Å². The Kier molecular flexibility index (Phi) is 4.59. The Morgan fingerprint density at radius 2 is 2.00 bits per heavy atom. The summed E-state index contributed by atoms with van der Waals surface area (Å²) in [4.78, 5) is 0. The highest BCUT2D eigenvalue weighted by Gasteiger charge is 2.32. The highest BCUT2D eigenvalue weighted by atomic mass is 19.4. The fourth-order valence-electron chi connectivity index (χ4n) is 1.50. The van der Waals surface area contributed by atoms with Crippen LogP contribution in [-0.4, -0.2) is 24.6 Å². The summed E-state index contributed by atoms with van der Waals surface area (Å²) >= 11 is 0. The third-order valence-corrected chi connectivity index (χ3v) is 2.41. The molecule has 0 saturated heterocycles. The molecule has 1 rings (SSSR count). The van der Waals surface area contributed by atoms with Gasteiger partial charge in [-0.05, 0) is 31.2 Å². The lowest BCUT2D eigenvalue weighted by molar-refractivity contribution is -0.274. The molecule has 3 nitrogen and oxygen atoms in total. The summed E-state index contributed by atoms with van der Waals surface area (Å²) < 4.78 is 40.0. The second kappa shape index (κ2) is 5.58. The second-order valence-electron chi connectivity index (χ2n) is 4.13. The van der Waals surface area contributed by atoms with E-state index in [9.17, 15) is 18.3 Å². The van der Waals surface area contributed by atoms with Gasteiger partial charge in [-0.3, -0.25) is 0 Å². The molecule has 0 radical (unpaired) electrons. The molecule has 2 N–H and O–H groups in total. The summed E-state index contributed by atoms with van der Waals surface area (Å²) in [5.41, 5.74) is -0.883. The zero-order valence-electron chi connectivity index (χ0n) is 10.2. The fourth-order valence-corrected chi connectivity index (χ4v) is 1.50. The zero-order chi connectivity index (χ0) is 13.8. The quantitative estimate of drug-likeness (QED) is 0.857. The lowest BCUT2D eigenvalue weighted by Gasteiger charge is -2.24. The van der Waals surface area contributed by atoms with E-state index in [0.29, 0.717) is 12.1 Å². The van der Waals surface area contributed by atoms with Gasteiger partial charge >= 0.3 is 6.36 Å². The lowest BCUT2D eigenvalue weighted by atomic mass is 9.96. The molecule has 0 aliphatic heterocycles. The molecule has 1 aromatic carbocycles. The van der Waals surface area contributed by atoms with Crippen LogP contribution in [0.3, 0.4) is 0 Å². The Morgan fingerprint density at radius 3 is 2.56 bits per heavy atom. The Morgan fingerprint density at radius 1 is 1.33 bits per heavy atom. The van der Waals surface area contributed by atoms with Gasteiger partial charge in [-0.2, -0.15) is 0 Å². The summed E-state index contributed by atoms with van der Waals surface area (Å²) in [5.74, 6) is -0.336. The average Bonchev–Trinajstić information content (AvgIpc) is 2.24. The summed E-state index contributed by atoms with van der Waals surface area (Å²) in [7, 11) is 0. The maximum Gasteiger partial charge on any atom is 0.573 e. The molecular weight excluding hydrogens is 247 g/mol. The van der Waals surface area contributed by atoms with Crippen molar-refractivity contribution in [1.29, 1.82) is 0 Å². The van der Waals surface area contributed by atoms with Crippen LogP contribution < -0.4 is 10.1 Å². The normalized spacial score (nSPS) is 15.2. The molecule has 0 aliphatic carbocycles. The van der Waals surface area contributed by atoms with E-state index in [1.54, 1.807) is 6.07 Å². The Hall–Kier alpha value is -1.27. The lowest BCUT2D eigenvalue weighted by Crippen LogP contribution is -2.35. The van der Waals surface area contributed by atoms with Crippen LogP contribution in [0.4, 0.5) is 13.2 Å². The number of likely N-dealkylation sites (N-methyl/N-ethyl adjacent to an activating group) is 1. The molecule has 0 aliphatic rings. The first-order valence-electron chi connectivity index (χ1n) is 5.54. The predicted molar refractivity (Wildman–Crippen MR) is 61.2 cm³/mol. The Bertz CT molecular complexity index is 391. The molecular formula is C12H16F3NO2. The number of alkyl halides is 3. The first-order valence-corrected chi connectivity index (χ1v) is 5.54. The first-order chi connectivity index (χ1) is 8.24. The summed E-state index contributed by atoms with van der Waals surface area (Å²) in [6.45, 7) is 4.31. The highest BCUT2D eigenvalue weighted by Crippen LogP contribution is 2.27. The molecule has 18 heavy (non-hydrogen) atoms. The largest absolute Gasteiger partial charge is 0.573 e. The van der Waals surface area contributed by atoms with Crippen molar-refractivity contribution in [2.45, 2.75) is 25.8 Å². The minimum atomic E-state index is -4.73. The molecule has 0 fully saturated rings. The molecule has 1 unspecified atom stereocenters. The topological polar surface area (TPSA) is 41.5 Å². The molecule has 0 bridgehead atoms. The van der Waals surface area contributed by atoms with E-state index in [-0.39, 0.29) is 12.3 Å². The van der Waals surface area contributed by atoms with Crippen molar-refractivity contribution in [1.82, 2.24) is 5.32 Å². The van der Waals surface area contributed by atoms with E-state index in [4.69, 9.17) is 0 Å². The highest BCUT2D eigenvalue weighted by molar-refractivity contribution is 5.32. The third-order valence-electron chi connectivity index (χ3n) is 2.41.